The van der Waals surface area contributed by atoms with Gasteiger partial charge in [-0.15, -0.1) is 0 Å². The number of phosphoric acid groups is 2. The highest BCUT2D eigenvalue weighted by molar-refractivity contribution is 7.47. The van der Waals surface area contributed by atoms with Gasteiger partial charge in [-0.25, -0.2) is 9.13 Å². The summed E-state index contributed by atoms with van der Waals surface area (Å²) in [4.78, 5) is 58.4. The number of hydrogen-bond donors (Lipinski definition) is 4. The van der Waals surface area contributed by atoms with E-state index in [0.717, 1.165) is 193 Å². The van der Waals surface area contributed by atoms with E-state index < -0.39 is 91.5 Å². The Bertz CT molecular complexity index is 2230. The zero-order valence-corrected chi connectivity index (χ0v) is 59.4. The van der Waals surface area contributed by atoms with Gasteiger partial charge in [0.15, 0.2) is 6.10 Å². The van der Waals surface area contributed by atoms with Gasteiger partial charge in [0, 0.05) is 19.3 Å². The van der Waals surface area contributed by atoms with Crippen molar-refractivity contribution in [3.63, 3.8) is 0 Å². The van der Waals surface area contributed by atoms with Crippen LogP contribution in [0.4, 0.5) is 0 Å². The molecule has 93 heavy (non-hydrogen) atoms. The first-order chi connectivity index (χ1) is 45.2. The Kier molecular flexibility index (Phi) is 64.5. The quantitative estimate of drug-likeness (QED) is 0.0146. The second-order valence-corrected chi connectivity index (χ2v) is 26.2. The predicted octanol–water partition coefficient (Wildman–Crippen LogP) is 20.0. The van der Waals surface area contributed by atoms with Gasteiger partial charge in [-0.3, -0.25) is 32.5 Å². The molecule has 532 valence electrons. The van der Waals surface area contributed by atoms with Crippen LogP contribution in [0, 0.1) is 0 Å². The van der Waals surface area contributed by atoms with Crippen molar-refractivity contribution in [3.8, 4) is 0 Å². The Labute approximate surface area is 563 Å². The van der Waals surface area contributed by atoms with E-state index in [0.29, 0.717) is 19.3 Å². The van der Waals surface area contributed by atoms with Gasteiger partial charge in [0.2, 0.25) is 0 Å². The zero-order chi connectivity index (χ0) is 68.1. The minimum absolute atomic E-state index is 0.0879. The lowest BCUT2D eigenvalue weighted by molar-refractivity contribution is -0.161. The number of aliphatic hydroxyl groups excluding tert-OH is 2. The van der Waals surface area contributed by atoms with E-state index in [1.165, 1.54) is 12.8 Å². The summed E-state index contributed by atoms with van der Waals surface area (Å²) in [5.74, 6) is -1.61. The monoisotopic (exact) mass is 1340 g/mol. The van der Waals surface area contributed by atoms with E-state index in [2.05, 4.69) is 154 Å². The van der Waals surface area contributed by atoms with E-state index in [9.17, 15) is 43.5 Å². The lowest BCUT2D eigenvalue weighted by Crippen LogP contribution is -2.30. The maximum absolute atomic E-state index is 12.9. The number of phosphoric ester groups is 2. The number of carbonyl (C=O) groups excluding carboxylic acids is 3. The van der Waals surface area contributed by atoms with Crippen molar-refractivity contribution < 1.29 is 75.8 Å². The van der Waals surface area contributed by atoms with Crippen LogP contribution >= 0.6 is 15.6 Å². The highest BCUT2D eigenvalue weighted by Gasteiger charge is 2.29. The number of allylic oxidation sites excluding steroid dienone is 22. The van der Waals surface area contributed by atoms with E-state index in [-0.39, 0.29) is 19.3 Å². The molecule has 0 aliphatic heterocycles. The SMILES string of the molecule is CC/C=C\C/C=C\C/C=C\C/C=C\C/C=C\CCCCCCCCCC(=O)OCC(O)COP(=O)(O)OCC(O)COP(=O)(O)OCC(COC(=O)CCCCCCCCC/C=C\C/C=C\C/C=C\C/C=C\C/C=C\CC)OC(=O)CCCCCCC/C=C\CCCC. The smallest absolute Gasteiger partial charge is 0.463 e. The Balaban J connectivity index is 4.58. The van der Waals surface area contributed by atoms with E-state index in [1.807, 2.05) is 0 Å². The van der Waals surface area contributed by atoms with Crippen LogP contribution in [0.1, 0.15) is 265 Å². The molecule has 0 aromatic heterocycles. The maximum atomic E-state index is 12.9. The molecule has 5 unspecified atom stereocenters. The van der Waals surface area contributed by atoms with Gasteiger partial charge in [0.1, 0.15) is 25.4 Å². The Morgan fingerprint density at radius 1 is 0.312 bits per heavy atom. The van der Waals surface area contributed by atoms with Crippen molar-refractivity contribution >= 4 is 33.6 Å². The third-order valence-electron chi connectivity index (χ3n) is 14.3. The molecule has 0 fully saturated rings. The number of aliphatic hydroxyl groups is 2. The Morgan fingerprint density at radius 2 is 0.570 bits per heavy atom. The van der Waals surface area contributed by atoms with Crippen LogP contribution in [0.15, 0.2) is 134 Å². The van der Waals surface area contributed by atoms with Gasteiger partial charge in [-0.1, -0.05) is 251 Å². The number of ether oxygens (including phenoxy) is 3. The van der Waals surface area contributed by atoms with Gasteiger partial charge in [-0.2, -0.15) is 0 Å². The van der Waals surface area contributed by atoms with Gasteiger partial charge in [-0.05, 0) is 128 Å². The summed E-state index contributed by atoms with van der Waals surface area (Å²) in [6.45, 7) is 2.35. The second kappa shape index (κ2) is 67.7. The van der Waals surface area contributed by atoms with E-state index >= 15 is 0 Å². The molecule has 0 heterocycles. The van der Waals surface area contributed by atoms with Crippen molar-refractivity contribution in [2.45, 2.75) is 283 Å². The molecule has 0 aromatic carbocycles. The number of esters is 3. The summed E-state index contributed by atoms with van der Waals surface area (Å²) in [6.07, 6.45) is 79.3. The topological polar surface area (TPSA) is 231 Å². The van der Waals surface area contributed by atoms with Crippen LogP contribution in [0.5, 0.6) is 0 Å². The van der Waals surface area contributed by atoms with E-state index in [1.54, 1.807) is 0 Å². The molecule has 0 radical (unpaired) electrons. The summed E-state index contributed by atoms with van der Waals surface area (Å²) in [6, 6.07) is 0. The van der Waals surface area contributed by atoms with Crippen LogP contribution in [0.25, 0.3) is 0 Å². The summed E-state index contributed by atoms with van der Waals surface area (Å²) < 4.78 is 60.9. The summed E-state index contributed by atoms with van der Waals surface area (Å²) in [5.41, 5.74) is 0. The van der Waals surface area contributed by atoms with Crippen molar-refractivity contribution in [3.05, 3.63) is 134 Å². The number of unbranched alkanes of at least 4 members (excludes halogenated alkanes) is 21. The van der Waals surface area contributed by atoms with Crippen LogP contribution in [0.3, 0.4) is 0 Å². The molecule has 0 rings (SSSR count). The molecule has 16 nitrogen and oxygen atoms in total. The molecular formula is C75H126O16P2. The van der Waals surface area contributed by atoms with Crippen molar-refractivity contribution in [2.24, 2.45) is 0 Å². The first-order valence-corrected chi connectivity index (χ1v) is 38.5. The fourth-order valence-corrected chi connectivity index (χ4v) is 10.5. The molecule has 0 aliphatic rings. The molecule has 0 aliphatic carbocycles. The summed E-state index contributed by atoms with van der Waals surface area (Å²) >= 11 is 0. The highest BCUT2D eigenvalue weighted by atomic mass is 31.2. The lowest BCUT2D eigenvalue weighted by atomic mass is 10.1. The third-order valence-corrected chi connectivity index (χ3v) is 16.2. The van der Waals surface area contributed by atoms with Crippen LogP contribution in [-0.2, 0) is 55.8 Å². The van der Waals surface area contributed by atoms with Crippen molar-refractivity contribution in [1.29, 1.82) is 0 Å². The molecule has 0 aromatic rings. The molecule has 0 saturated heterocycles. The third kappa shape index (κ3) is 68.9. The van der Waals surface area contributed by atoms with Gasteiger partial charge < -0.3 is 34.2 Å². The molecular weight excluding hydrogens is 1220 g/mol. The zero-order valence-electron chi connectivity index (χ0n) is 57.6. The molecule has 0 saturated carbocycles. The molecule has 0 bridgehead atoms. The fraction of sp³-hybridized carbons (Fsp3) is 0.667. The normalized spacial score (nSPS) is 15.0. The molecule has 0 amide bonds. The van der Waals surface area contributed by atoms with Gasteiger partial charge in [0.25, 0.3) is 0 Å². The second-order valence-electron chi connectivity index (χ2n) is 23.3. The molecule has 5 atom stereocenters. The predicted molar refractivity (Wildman–Crippen MR) is 380 cm³/mol. The molecule has 4 N–H and O–H groups in total. The van der Waals surface area contributed by atoms with Gasteiger partial charge >= 0.3 is 33.6 Å². The summed E-state index contributed by atoms with van der Waals surface area (Å²) in [7, 11) is -9.79. The number of hydrogen-bond acceptors (Lipinski definition) is 14. The largest absolute Gasteiger partial charge is 0.472 e. The minimum Gasteiger partial charge on any atom is -0.463 e. The average Bonchev–Trinajstić information content (AvgIpc) is 2.44. The first-order valence-electron chi connectivity index (χ1n) is 35.5. The number of rotatable bonds is 66. The van der Waals surface area contributed by atoms with Crippen LogP contribution in [0.2, 0.25) is 0 Å². The fourth-order valence-electron chi connectivity index (χ4n) is 8.96. The first kappa shape index (κ1) is 88.7. The standard InChI is InChI=1S/C75H126O16P2/c1-4-7-10-13-16-19-22-24-26-28-30-32-34-36-38-40-42-44-47-49-52-55-58-61-73(78)85-64-70(76)65-87-92(81,82)88-66-71(77)67-89-93(83,84)90-69-72(91-75(80)63-60-57-54-51-46-21-18-15-12-9-6-3)68-86-74(79)62-59-56-53-50-48-45-43-41-39-37-35-33-31-29-27-25-23-20-17-14-11-8-5-2/h7-8,10-11,15-20,24-27,30-33,36-39,70-72,76-77H,4-6,9,12-14,21-23,28-29,34-35,40-69H2,1-3H3,(H,81,82)(H,83,84)/b10-7-,11-8-,18-15-,19-16-,20-17-,26-24-,27-25-,32-30-,33-31-,38-36-,39-37-. The van der Waals surface area contributed by atoms with Crippen molar-refractivity contribution in [1.82, 2.24) is 0 Å². The lowest BCUT2D eigenvalue weighted by Gasteiger charge is -2.21. The van der Waals surface area contributed by atoms with Gasteiger partial charge in [0.05, 0.1) is 26.4 Å². The van der Waals surface area contributed by atoms with Crippen LogP contribution < -0.4 is 0 Å². The minimum atomic E-state index is -4.93. The Hall–Kier alpha value is -4.31. The maximum Gasteiger partial charge on any atom is 0.472 e. The van der Waals surface area contributed by atoms with E-state index in [4.69, 9.17) is 32.3 Å². The summed E-state index contributed by atoms with van der Waals surface area (Å²) in [5, 5.41) is 20.6. The van der Waals surface area contributed by atoms with Crippen molar-refractivity contribution in [2.75, 3.05) is 39.6 Å². The molecule has 18 heteroatoms. The average molecular weight is 1350 g/mol. The highest BCUT2D eigenvalue weighted by Crippen LogP contribution is 2.45. The number of carbonyl (C=O) groups is 3. The Morgan fingerprint density at radius 3 is 0.914 bits per heavy atom. The molecule has 0 spiro atoms. The van der Waals surface area contributed by atoms with Crippen LogP contribution in [-0.4, -0.2) is 95.9 Å².